The van der Waals surface area contributed by atoms with Gasteiger partial charge in [-0.05, 0) is 73.0 Å². The van der Waals surface area contributed by atoms with Gasteiger partial charge in [-0.2, -0.15) is 0 Å². The van der Waals surface area contributed by atoms with Crippen LogP contribution in [0, 0.1) is 0 Å². The molecule has 1 amide bonds. The molecule has 5 rings (SSSR count). The van der Waals surface area contributed by atoms with Crippen molar-refractivity contribution >= 4 is 55.7 Å². The number of anilines is 1. The molecule has 1 atom stereocenters. The highest BCUT2D eigenvalue weighted by atomic mass is 35.5. The summed E-state index contributed by atoms with van der Waals surface area (Å²) in [6.45, 7) is 4.37. The Bertz CT molecular complexity index is 1580. The van der Waals surface area contributed by atoms with E-state index in [1.165, 1.54) is 23.3 Å². The smallest absolute Gasteiger partial charge is 0.301 e. The number of thiazole rings is 1. The number of carbonyl (C=O) groups is 2. The predicted octanol–water partition coefficient (Wildman–Crippen LogP) is 6.55. The van der Waals surface area contributed by atoms with Crippen molar-refractivity contribution in [2.45, 2.75) is 26.3 Å². The fourth-order valence-corrected chi connectivity index (χ4v) is 5.70. The van der Waals surface area contributed by atoms with E-state index in [9.17, 15) is 14.7 Å². The fraction of sp³-hybridized carbons (Fsp3) is 0.207. The van der Waals surface area contributed by atoms with Crippen molar-refractivity contribution in [2.24, 2.45) is 0 Å². The van der Waals surface area contributed by atoms with Gasteiger partial charge in [0.05, 0.1) is 35.5 Å². The van der Waals surface area contributed by atoms with Crippen LogP contribution in [-0.4, -0.2) is 35.5 Å². The van der Waals surface area contributed by atoms with Gasteiger partial charge < -0.3 is 14.6 Å². The minimum Gasteiger partial charge on any atom is -0.507 e. The maximum absolute atomic E-state index is 13.5. The molecule has 1 N–H and O–H groups in total. The number of halogens is 1. The van der Waals surface area contributed by atoms with Crippen molar-refractivity contribution in [3.63, 3.8) is 0 Å². The van der Waals surface area contributed by atoms with Gasteiger partial charge in [0.25, 0.3) is 5.78 Å². The number of carbonyl (C=O) groups excluding carboxylic acids is 2. The number of amides is 1. The zero-order chi connectivity index (χ0) is 27.0. The summed E-state index contributed by atoms with van der Waals surface area (Å²) in [7, 11) is 1.52. The number of Topliss-reactive ketones (excluding diaryl/α,β-unsaturated/α-hetero) is 1. The monoisotopic (exact) mass is 548 g/mol. The maximum atomic E-state index is 13.5. The van der Waals surface area contributed by atoms with Gasteiger partial charge in [0, 0.05) is 10.6 Å². The highest BCUT2D eigenvalue weighted by Crippen LogP contribution is 2.46. The van der Waals surface area contributed by atoms with E-state index < -0.39 is 17.7 Å². The Hall–Kier alpha value is -3.88. The largest absolute Gasteiger partial charge is 0.507 e. The van der Waals surface area contributed by atoms with Gasteiger partial charge in [0.2, 0.25) is 0 Å². The van der Waals surface area contributed by atoms with Crippen LogP contribution in [0.25, 0.3) is 16.0 Å². The summed E-state index contributed by atoms with van der Waals surface area (Å²) in [5, 5.41) is 12.2. The van der Waals surface area contributed by atoms with Gasteiger partial charge in [-0.15, -0.1) is 0 Å². The third-order valence-electron chi connectivity index (χ3n) is 6.42. The Labute approximate surface area is 228 Å². The predicted molar refractivity (Wildman–Crippen MR) is 149 cm³/mol. The first-order chi connectivity index (χ1) is 18.4. The number of ether oxygens (including phenoxy) is 2. The van der Waals surface area contributed by atoms with E-state index in [0.717, 1.165) is 22.2 Å². The third kappa shape index (κ3) is 4.50. The quantitative estimate of drug-likeness (QED) is 0.160. The lowest BCUT2D eigenvalue weighted by atomic mass is 9.95. The Kier molecular flexibility index (Phi) is 7.10. The molecular weight excluding hydrogens is 524 g/mol. The second-order valence-electron chi connectivity index (χ2n) is 8.67. The summed E-state index contributed by atoms with van der Waals surface area (Å²) in [5.74, 6) is -0.898. The molecule has 0 saturated carbocycles. The maximum Gasteiger partial charge on any atom is 0.301 e. The van der Waals surface area contributed by atoms with E-state index in [0.29, 0.717) is 39.4 Å². The summed E-state index contributed by atoms with van der Waals surface area (Å²) < 4.78 is 12.1. The molecular formula is C29H25ClN2O5S. The lowest BCUT2D eigenvalue weighted by molar-refractivity contribution is -0.132. The van der Waals surface area contributed by atoms with Crippen LogP contribution in [0.4, 0.5) is 5.13 Å². The van der Waals surface area contributed by atoms with Gasteiger partial charge in [-0.1, -0.05) is 42.0 Å². The molecule has 0 spiro atoms. The molecule has 1 aliphatic heterocycles. The molecule has 1 saturated heterocycles. The fourth-order valence-electron chi connectivity index (χ4n) is 4.52. The molecule has 1 unspecified atom stereocenters. The molecule has 0 bridgehead atoms. The van der Waals surface area contributed by atoms with E-state index in [-0.39, 0.29) is 11.3 Å². The molecule has 1 fully saturated rings. The summed E-state index contributed by atoms with van der Waals surface area (Å²) in [4.78, 5) is 33.1. The Morgan fingerprint density at radius 2 is 1.82 bits per heavy atom. The minimum absolute atomic E-state index is 0.0444. The first-order valence-electron chi connectivity index (χ1n) is 12.1. The van der Waals surface area contributed by atoms with E-state index in [1.54, 1.807) is 42.5 Å². The summed E-state index contributed by atoms with van der Waals surface area (Å²) in [6.07, 6.45) is 0.862. The molecule has 0 aliphatic carbocycles. The molecule has 7 nitrogen and oxygen atoms in total. The molecule has 3 aromatic carbocycles. The Balaban J connectivity index is 1.72. The molecule has 0 radical (unpaired) electrons. The number of hydrogen-bond acceptors (Lipinski definition) is 7. The number of rotatable bonds is 7. The summed E-state index contributed by atoms with van der Waals surface area (Å²) in [6, 6.07) is 16.6. The second-order valence-corrected chi connectivity index (χ2v) is 10.1. The number of benzene rings is 3. The summed E-state index contributed by atoms with van der Waals surface area (Å²) in [5.41, 5.74) is 2.76. The first kappa shape index (κ1) is 25.8. The average Bonchev–Trinajstić information content (AvgIpc) is 3.46. The van der Waals surface area contributed by atoms with Crippen molar-refractivity contribution in [3.05, 3.63) is 87.9 Å². The van der Waals surface area contributed by atoms with Gasteiger partial charge >= 0.3 is 5.91 Å². The van der Waals surface area contributed by atoms with E-state index in [4.69, 9.17) is 26.1 Å². The topological polar surface area (TPSA) is 89.0 Å². The van der Waals surface area contributed by atoms with Gasteiger partial charge in [-0.3, -0.25) is 14.5 Å². The van der Waals surface area contributed by atoms with Gasteiger partial charge in [0.1, 0.15) is 5.76 Å². The number of nitrogens with zero attached hydrogens (tertiary/aromatic N) is 2. The van der Waals surface area contributed by atoms with Crippen molar-refractivity contribution in [1.82, 2.24) is 4.98 Å². The number of fused-ring (bicyclic) bond motifs is 1. The molecule has 4 aromatic rings. The van der Waals surface area contributed by atoms with Crippen LogP contribution in [-0.2, 0) is 16.0 Å². The Morgan fingerprint density at radius 1 is 1.05 bits per heavy atom. The Morgan fingerprint density at radius 3 is 2.50 bits per heavy atom. The first-order valence-corrected chi connectivity index (χ1v) is 13.3. The minimum atomic E-state index is -0.943. The molecule has 2 heterocycles. The lowest BCUT2D eigenvalue weighted by Crippen LogP contribution is -2.29. The second kappa shape index (κ2) is 10.5. The van der Waals surface area contributed by atoms with Crippen LogP contribution in [0.5, 0.6) is 11.5 Å². The zero-order valence-corrected chi connectivity index (χ0v) is 22.6. The average molecular weight is 549 g/mol. The van der Waals surface area contributed by atoms with E-state index >= 15 is 0 Å². The molecule has 1 aliphatic rings. The number of aliphatic hydroxyl groups excluding tert-OH is 1. The van der Waals surface area contributed by atoms with Crippen LogP contribution in [0.3, 0.4) is 0 Å². The van der Waals surface area contributed by atoms with Crippen LogP contribution in [0.2, 0.25) is 5.02 Å². The number of ketones is 1. The van der Waals surface area contributed by atoms with Crippen LogP contribution >= 0.6 is 22.9 Å². The van der Waals surface area contributed by atoms with Crippen LogP contribution < -0.4 is 14.4 Å². The zero-order valence-electron chi connectivity index (χ0n) is 21.0. The lowest BCUT2D eigenvalue weighted by Gasteiger charge is -2.24. The van der Waals surface area contributed by atoms with Gasteiger partial charge in [-0.25, -0.2) is 4.98 Å². The molecule has 1 aromatic heterocycles. The normalized spacial score (nSPS) is 16.8. The van der Waals surface area contributed by atoms with Crippen molar-refractivity contribution in [3.8, 4) is 11.5 Å². The number of aromatic nitrogens is 1. The van der Waals surface area contributed by atoms with E-state index in [1.807, 2.05) is 25.1 Å². The van der Waals surface area contributed by atoms with Gasteiger partial charge in [0.15, 0.2) is 16.6 Å². The standard InChI is InChI=1S/C29H25ClN2O5S/c1-4-16-6-12-20-23(14-16)38-29(31-20)32-25(18-9-13-21(37-5-2)22(15-18)36-3)24(27(34)28(32)35)26(33)17-7-10-19(30)11-8-17/h6-15,25,33H,4-5H2,1-3H3. The molecule has 9 heteroatoms. The number of hydrogen-bond donors (Lipinski definition) is 1. The highest BCUT2D eigenvalue weighted by molar-refractivity contribution is 7.22. The van der Waals surface area contributed by atoms with E-state index in [2.05, 4.69) is 6.92 Å². The summed E-state index contributed by atoms with van der Waals surface area (Å²) >= 11 is 7.36. The van der Waals surface area contributed by atoms with Crippen molar-refractivity contribution in [1.29, 1.82) is 0 Å². The van der Waals surface area contributed by atoms with Crippen molar-refractivity contribution in [2.75, 3.05) is 18.6 Å². The highest BCUT2D eigenvalue weighted by Gasteiger charge is 2.48. The van der Waals surface area contributed by atoms with Crippen LogP contribution in [0.1, 0.15) is 36.6 Å². The SMILES string of the molecule is CCOc1ccc(C2C(=C(O)c3ccc(Cl)cc3)C(=O)C(=O)N2c2nc3ccc(CC)cc3s2)cc1OC. The number of aryl methyl sites for hydroxylation is 1. The van der Waals surface area contributed by atoms with Crippen LogP contribution in [0.15, 0.2) is 66.2 Å². The third-order valence-corrected chi connectivity index (χ3v) is 7.69. The molecule has 194 valence electrons. The molecule has 38 heavy (non-hydrogen) atoms. The number of methoxy groups -OCH3 is 1. The van der Waals surface area contributed by atoms with Crippen molar-refractivity contribution < 1.29 is 24.2 Å². The number of aliphatic hydroxyl groups is 1.